The first-order valence-corrected chi connectivity index (χ1v) is 10.0. The van der Waals surface area contributed by atoms with Crippen LogP contribution in [0, 0.1) is 5.92 Å². The van der Waals surface area contributed by atoms with Crippen molar-refractivity contribution in [3.05, 3.63) is 60.3 Å². The average molecular weight is 369 g/mol. The van der Waals surface area contributed by atoms with Crippen LogP contribution in [0.25, 0.3) is 10.9 Å². The van der Waals surface area contributed by atoms with Gasteiger partial charge in [0, 0.05) is 11.3 Å². The molecule has 0 unspecified atom stereocenters. The minimum absolute atomic E-state index is 0.0917. The molecular weight excluding hydrogens is 350 g/mol. The molecule has 4 rings (SSSR count). The van der Waals surface area contributed by atoms with Crippen LogP contribution in [0.3, 0.4) is 0 Å². The van der Waals surface area contributed by atoms with E-state index in [1.807, 2.05) is 0 Å². The van der Waals surface area contributed by atoms with E-state index in [0.717, 1.165) is 19.3 Å². The summed E-state index contributed by atoms with van der Waals surface area (Å²) in [6.07, 6.45) is 2.64. The van der Waals surface area contributed by atoms with Crippen LogP contribution in [0.15, 0.2) is 59.5 Å². The monoisotopic (exact) mass is 369 g/mol. The number of benzene rings is 2. The molecule has 2 aromatic carbocycles. The number of ether oxygens (including phenoxy) is 1. The van der Waals surface area contributed by atoms with Gasteiger partial charge < -0.3 is 4.74 Å². The number of rotatable bonds is 5. The molecule has 1 heterocycles. The van der Waals surface area contributed by atoms with Crippen LogP contribution in [0.2, 0.25) is 0 Å². The third kappa shape index (κ3) is 2.61. The van der Waals surface area contributed by atoms with Crippen molar-refractivity contribution in [3.63, 3.8) is 0 Å². The summed E-state index contributed by atoms with van der Waals surface area (Å²) in [4.78, 5) is 13.1. The van der Waals surface area contributed by atoms with Gasteiger partial charge in [-0.05, 0) is 49.2 Å². The van der Waals surface area contributed by atoms with Crippen LogP contribution in [0.5, 0.6) is 5.75 Å². The van der Waals surface area contributed by atoms with Gasteiger partial charge in [0.2, 0.25) is 0 Å². The molecule has 0 bridgehead atoms. The van der Waals surface area contributed by atoms with Gasteiger partial charge in [-0.1, -0.05) is 24.6 Å². The molecular formula is C20H19NO4S. The maximum absolute atomic E-state index is 13.3. The van der Waals surface area contributed by atoms with E-state index in [9.17, 15) is 13.2 Å². The summed E-state index contributed by atoms with van der Waals surface area (Å²) in [5.41, 5.74) is 0.708. The Morgan fingerprint density at radius 1 is 1.08 bits per heavy atom. The Kier molecular flexibility index (Phi) is 4.07. The molecule has 0 radical (unpaired) electrons. The van der Waals surface area contributed by atoms with E-state index in [-0.39, 0.29) is 22.3 Å². The zero-order valence-corrected chi connectivity index (χ0v) is 15.2. The molecule has 1 fully saturated rings. The van der Waals surface area contributed by atoms with Crippen molar-refractivity contribution >= 4 is 26.7 Å². The molecule has 0 amide bonds. The Balaban J connectivity index is 1.98. The predicted octanol–water partition coefficient (Wildman–Crippen LogP) is 3.87. The van der Waals surface area contributed by atoms with Gasteiger partial charge >= 0.3 is 0 Å². The number of carbonyl (C=O) groups is 1. The highest BCUT2D eigenvalue weighted by Crippen LogP contribution is 2.34. The molecule has 1 aliphatic carbocycles. The molecule has 0 aliphatic heterocycles. The third-order valence-corrected chi connectivity index (χ3v) is 6.72. The zero-order valence-electron chi connectivity index (χ0n) is 14.4. The number of methoxy groups -OCH3 is 1. The highest BCUT2D eigenvalue weighted by molar-refractivity contribution is 7.90. The highest BCUT2D eigenvalue weighted by atomic mass is 32.2. The maximum atomic E-state index is 13.3. The number of hydrogen-bond acceptors (Lipinski definition) is 4. The molecule has 0 atom stereocenters. The van der Waals surface area contributed by atoms with Crippen molar-refractivity contribution in [2.45, 2.75) is 24.2 Å². The van der Waals surface area contributed by atoms with Crippen LogP contribution < -0.4 is 4.74 Å². The van der Waals surface area contributed by atoms with Crippen LogP contribution in [0.1, 0.15) is 29.8 Å². The summed E-state index contributed by atoms with van der Waals surface area (Å²) >= 11 is 0. The largest absolute Gasteiger partial charge is 0.497 e. The van der Waals surface area contributed by atoms with E-state index in [0.29, 0.717) is 16.7 Å². The Bertz CT molecular complexity index is 1080. The summed E-state index contributed by atoms with van der Waals surface area (Å²) in [5.74, 6) is 0.422. The highest BCUT2D eigenvalue weighted by Gasteiger charge is 2.32. The number of fused-ring (bicyclic) bond motifs is 1. The fraction of sp³-hybridized carbons (Fsp3) is 0.250. The fourth-order valence-electron chi connectivity index (χ4n) is 3.30. The van der Waals surface area contributed by atoms with E-state index in [1.165, 1.54) is 3.97 Å². The predicted molar refractivity (Wildman–Crippen MR) is 99.2 cm³/mol. The number of Topliss-reactive ketones (excluding diaryl/α,β-unsaturated/α-hetero) is 1. The normalized spacial score (nSPS) is 15.0. The number of ketones is 1. The molecule has 1 aromatic heterocycles. The molecule has 3 aromatic rings. The van der Waals surface area contributed by atoms with Gasteiger partial charge in [0.25, 0.3) is 10.0 Å². The lowest BCUT2D eigenvalue weighted by molar-refractivity contribution is 0.0849. The van der Waals surface area contributed by atoms with Crippen molar-refractivity contribution in [1.82, 2.24) is 3.97 Å². The number of aromatic nitrogens is 1. The summed E-state index contributed by atoms with van der Waals surface area (Å²) < 4.78 is 33.0. The second-order valence-corrected chi connectivity index (χ2v) is 8.32. The van der Waals surface area contributed by atoms with Gasteiger partial charge in [-0.2, -0.15) is 0 Å². The molecule has 5 nitrogen and oxygen atoms in total. The smallest absolute Gasteiger partial charge is 0.268 e. The number of hydrogen-bond donors (Lipinski definition) is 0. The number of nitrogens with zero attached hydrogens (tertiary/aromatic N) is 1. The second kappa shape index (κ2) is 6.29. The van der Waals surface area contributed by atoms with E-state index in [2.05, 4.69) is 0 Å². The van der Waals surface area contributed by atoms with Gasteiger partial charge in [0.1, 0.15) is 11.4 Å². The molecule has 26 heavy (non-hydrogen) atoms. The first kappa shape index (κ1) is 16.8. The van der Waals surface area contributed by atoms with Crippen LogP contribution >= 0.6 is 0 Å². The van der Waals surface area contributed by atoms with Crippen LogP contribution in [-0.4, -0.2) is 25.3 Å². The van der Waals surface area contributed by atoms with Gasteiger partial charge in [-0.15, -0.1) is 0 Å². The summed E-state index contributed by atoms with van der Waals surface area (Å²) in [7, 11) is -2.33. The summed E-state index contributed by atoms with van der Waals surface area (Å²) in [5, 5.41) is 0.673. The average Bonchev–Trinajstić information content (AvgIpc) is 3.00. The van der Waals surface area contributed by atoms with E-state index >= 15 is 0 Å². The van der Waals surface area contributed by atoms with E-state index in [1.54, 1.807) is 61.7 Å². The Hall–Kier alpha value is -2.60. The summed E-state index contributed by atoms with van der Waals surface area (Å²) in [6.45, 7) is 0. The van der Waals surface area contributed by atoms with Crippen molar-refractivity contribution in [1.29, 1.82) is 0 Å². The lowest BCUT2D eigenvalue weighted by atomic mass is 9.81. The van der Waals surface area contributed by atoms with Gasteiger partial charge in [-0.3, -0.25) is 4.79 Å². The Morgan fingerprint density at radius 2 is 1.81 bits per heavy atom. The SMILES string of the molecule is COc1ccc2c(c1)cc(C(=O)C1CCC1)n2S(=O)(=O)c1ccccc1. The first-order chi connectivity index (χ1) is 12.5. The molecule has 6 heteroatoms. The Morgan fingerprint density at radius 3 is 2.42 bits per heavy atom. The van der Waals surface area contributed by atoms with Gasteiger partial charge in [-0.25, -0.2) is 12.4 Å². The zero-order chi connectivity index (χ0) is 18.3. The standard InChI is InChI=1S/C20H19NO4S/c1-25-16-10-11-18-15(12-16)13-19(20(22)14-6-5-7-14)21(18)26(23,24)17-8-3-2-4-9-17/h2-4,8-14H,5-7H2,1H3. The fourth-order valence-corrected chi connectivity index (χ4v) is 4.84. The second-order valence-electron chi connectivity index (χ2n) is 6.53. The minimum Gasteiger partial charge on any atom is -0.497 e. The van der Waals surface area contributed by atoms with Gasteiger partial charge in [0.15, 0.2) is 5.78 Å². The minimum atomic E-state index is -3.88. The molecule has 1 aliphatic rings. The van der Waals surface area contributed by atoms with Crippen molar-refractivity contribution in [3.8, 4) is 5.75 Å². The van der Waals surface area contributed by atoms with Gasteiger partial charge in [0.05, 0.1) is 17.5 Å². The first-order valence-electron chi connectivity index (χ1n) is 8.56. The molecule has 0 N–H and O–H groups in total. The van der Waals surface area contributed by atoms with E-state index in [4.69, 9.17) is 4.74 Å². The van der Waals surface area contributed by atoms with E-state index < -0.39 is 10.0 Å². The van der Waals surface area contributed by atoms with Crippen molar-refractivity contribution < 1.29 is 17.9 Å². The quantitative estimate of drug-likeness (QED) is 0.641. The molecule has 0 spiro atoms. The molecule has 1 saturated carbocycles. The third-order valence-electron chi connectivity index (χ3n) is 4.97. The summed E-state index contributed by atoms with van der Waals surface area (Å²) in [6, 6.07) is 15.0. The lowest BCUT2D eigenvalue weighted by Gasteiger charge is -2.24. The van der Waals surface area contributed by atoms with Crippen LogP contribution in [-0.2, 0) is 10.0 Å². The van der Waals surface area contributed by atoms with Crippen LogP contribution in [0.4, 0.5) is 0 Å². The van der Waals surface area contributed by atoms with Crippen molar-refractivity contribution in [2.24, 2.45) is 5.92 Å². The Labute approximate surface area is 152 Å². The topological polar surface area (TPSA) is 65.4 Å². The maximum Gasteiger partial charge on any atom is 0.268 e. The molecule has 0 saturated heterocycles. The lowest BCUT2D eigenvalue weighted by Crippen LogP contribution is -2.26. The number of carbonyl (C=O) groups excluding carboxylic acids is 1. The van der Waals surface area contributed by atoms with Crippen molar-refractivity contribution in [2.75, 3.05) is 7.11 Å². The molecule has 134 valence electrons.